The minimum absolute atomic E-state index is 0.284. The van der Waals surface area contributed by atoms with Crippen LogP contribution in [0.2, 0.25) is 5.02 Å². The van der Waals surface area contributed by atoms with Gasteiger partial charge in [-0.1, -0.05) is 17.7 Å². The summed E-state index contributed by atoms with van der Waals surface area (Å²) < 4.78 is 15.1. The second-order valence-electron chi connectivity index (χ2n) is 3.31. The van der Waals surface area contributed by atoms with Crippen LogP contribution in [0.5, 0.6) is 0 Å². The molecule has 84 valence electrons. The zero-order chi connectivity index (χ0) is 11.5. The molecule has 0 bridgehead atoms. The molecule has 0 amide bonds. The van der Waals surface area contributed by atoms with Gasteiger partial charge in [0.1, 0.15) is 12.1 Å². The minimum Gasteiger partial charge on any atom is -0.374 e. The van der Waals surface area contributed by atoms with E-state index in [1.54, 1.807) is 23.0 Å². The number of rotatable bonds is 3. The number of hydrogen-bond donors (Lipinski definition) is 1. The standard InChI is InChI=1S/C10H10ClFN4/c1-16-6-14-15-9(16)5-13-10-7(11)3-2-4-8(10)12/h2-4,6,13H,5H2,1H3. The van der Waals surface area contributed by atoms with Crippen LogP contribution in [0.25, 0.3) is 0 Å². The summed E-state index contributed by atoms with van der Waals surface area (Å²) in [7, 11) is 1.82. The molecule has 0 aliphatic rings. The third-order valence-corrected chi connectivity index (χ3v) is 2.51. The summed E-state index contributed by atoms with van der Waals surface area (Å²) in [6.07, 6.45) is 1.58. The summed E-state index contributed by atoms with van der Waals surface area (Å²) >= 11 is 5.86. The van der Waals surface area contributed by atoms with E-state index in [-0.39, 0.29) is 11.5 Å². The van der Waals surface area contributed by atoms with Crippen molar-refractivity contribution in [1.29, 1.82) is 0 Å². The Morgan fingerprint density at radius 2 is 2.31 bits per heavy atom. The van der Waals surface area contributed by atoms with Crippen LogP contribution in [0, 0.1) is 5.82 Å². The van der Waals surface area contributed by atoms with E-state index < -0.39 is 0 Å². The van der Waals surface area contributed by atoms with Gasteiger partial charge >= 0.3 is 0 Å². The summed E-state index contributed by atoms with van der Waals surface area (Å²) in [5.74, 6) is 0.328. The van der Waals surface area contributed by atoms with Gasteiger partial charge in [-0.2, -0.15) is 0 Å². The van der Waals surface area contributed by atoms with Gasteiger partial charge in [0, 0.05) is 7.05 Å². The van der Waals surface area contributed by atoms with Gasteiger partial charge in [0.15, 0.2) is 5.82 Å². The quantitative estimate of drug-likeness (QED) is 0.895. The maximum Gasteiger partial charge on any atom is 0.151 e. The van der Waals surface area contributed by atoms with Crippen LogP contribution in [0.15, 0.2) is 24.5 Å². The molecule has 0 aliphatic carbocycles. The van der Waals surface area contributed by atoms with Crippen LogP contribution in [-0.2, 0) is 13.6 Å². The SMILES string of the molecule is Cn1cnnc1CNc1c(F)cccc1Cl. The van der Waals surface area contributed by atoms with Crippen molar-refractivity contribution in [3.05, 3.63) is 41.2 Å². The fraction of sp³-hybridized carbons (Fsp3) is 0.200. The number of nitrogens with zero attached hydrogens (tertiary/aromatic N) is 3. The molecule has 0 aliphatic heterocycles. The van der Waals surface area contributed by atoms with Gasteiger partial charge in [0.05, 0.1) is 17.3 Å². The van der Waals surface area contributed by atoms with Crippen molar-refractivity contribution < 1.29 is 4.39 Å². The first-order chi connectivity index (χ1) is 7.68. The molecule has 1 aromatic carbocycles. The number of benzene rings is 1. The average molecular weight is 241 g/mol. The third kappa shape index (κ3) is 2.14. The summed E-state index contributed by atoms with van der Waals surface area (Å²) in [4.78, 5) is 0. The highest BCUT2D eigenvalue weighted by Gasteiger charge is 2.07. The van der Waals surface area contributed by atoms with Crippen molar-refractivity contribution >= 4 is 17.3 Å². The predicted molar refractivity (Wildman–Crippen MR) is 59.7 cm³/mol. The fourth-order valence-electron chi connectivity index (χ4n) is 1.30. The maximum absolute atomic E-state index is 13.4. The molecule has 4 nitrogen and oxygen atoms in total. The molecule has 0 saturated heterocycles. The Kier molecular flexibility index (Phi) is 3.05. The average Bonchev–Trinajstić information content (AvgIpc) is 2.64. The monoisotopic (exact) mass is 240 g/mol. The molecule has 0 unspecified atom stereocenters. The second kappa shape index (κ2) is 4.49. The van der Waals surface area contributed by atoms with Gasteiger partial charge in [0.25, 0.3) is 0 Å². The smallest absolute Gasteiger partial charge is 0.151 e. The van der Waals surface area contributed by atoms with Crippen LogP contribution >= 0.6 is 11.6 Å². The number of aryl methyl sites for hydroxylation is 1. The molecule has 2 aromatic rings. The first-order valence-corrected chi connectivity index (χ1v) is 5.07. The van der Waals surface area contributed by atoms with Gasteiger partial charge in [0.2, 0.25) is 0 Å². The Morgan fingerprint density at radius 3 is 2.94 bits per heavy atom. The first kappa shape index (κ1) is 10.9. The van der Waals surface area contributed by atoms with Crippen molar-refractivity contribution in [1.82, 2.24) is 14.8 Å². The number of hydrogen-bond acceptors (Lipinski definition) is 3. The molecule has 0 spiro atoms. The van der Waals surface area contributed by atoms with Crippen molar-refractivity contribution in [3.63, 3.8) is 0 Å². The number of nitrogens with one attached hydrogen (secondary N) is 1. The zero-order valence-electron chi connectivity index (χ0n) is 8.61. The topological polar surface area (TPSA) is 42.7 Å². The Morgan fingerprint density at radius 1 is 1.50 bits per heavy atom. The lowest BCUT2D eigenvalue weighted by Crippen LogP contribution is -2.07. The molecular formula is C10H10ClFN4. The molecular weight excluding hydrogens is 231 g/mol. The van der Waals surface area contributed by atoms with Gasteiger partial charge in [-0.25, -0.2) is 4.39 Å². The third-order valence-electron chi connectivity index (χ3n) is 2.19. The van der Waals surface area contributed by atoms with E-state index in [4.69, 9.17) is 11.6 Å². The highest BCUT2D eigenvalue weighted by molar-refractivity contribution is 6.33. The van der Waals surface area contributed by atoms with Crippen LogP contribution in [0.1, 0.15) is 5.82 Å². The molecule has 0 saturated carbocycles. The Balaban J connectivity index is 2.14. The minimum atomic E-state index is -0.380. The van der Waals surface area contributed by atoms with E-state index in [1.165, 1.54) is 6.07 Å². The van der Waals surface area contributed by atoms with E-state index in [0.29, 0.717) is 17.4 Å². The van der Waals surface area contributed by atoms with E-state index in [0.717, 1.165) is 0 Å². The highest BCUT2D eigenvalue weighted by Crippen LogP contribution is 2.24. The lowest BCUT2D eigenvalue weighted by molar-refractivity contribution is 0.629. The van der Waals surface area contributed by atoms with Gasteiger partial charge in [-0.05, 0) is 12.1 Å². The normalized spacial score (nSPS) is 10.4. The van der Waals surface area contributed by atoms with Gasteiger partial charge < -0.3 is 9.88 Å². The summed E-state index contributed by atoms with van der Waals surface area (Å²) in [5.41, 5.74) is 0.284. The molecule has 6 heteroatoms. The van der Waals surface area contributed by atoms with Gasteiger partial charge in [-0.3, -0.25) is 0 Å². The molecule has 1 heterocycles. The van der Waals surface area contributed by atoms with Crippen LogP contribution < -0.4 is 5.32 Å². The molecule has 0 radical (unpaired) electrons. The Labute approximate surface area is 97.1 Å². The zero-order valence-corrected chi connectivity index (χ0v) is 9.37. The molecule has 16 heavy (non-hydrogen) atoms. The largest absolute Gasteiger partial charge is 0.374 e. The van der Waals surface area contributed by atoms with E-state index >= 15 is 0 Å². The van der Waals surface area contributed by atoms with E-state index in [2.05, 4.69) is 15.5 Å². The van der Waals surface area contributed by atoms with E-state index in [1.807, 2.05) is 7.05 Å². The Hall–Kier alpha value is -1.62. The van der Waals surface area contributed by atoms with Crippen molar-refractivity contribution in [2.75, 3.05) is 5.32 Å². The van der Waals surface area contributed by atoms with Crippen molar-refractivity contribution in [2.45, 2.75) is 6.54 Å². The summed E-state index contributed by atoms with van der Waals surface area (Å²) in [6.45, 7) is 0.372. The summed E-state index contributed by atoms with van der Waals surface area (Å²) in [6, 6.07) is 4.54. The predicted octanol–water partition coefficient (Wildman–Crippen LogP) is 2.22. The lowest BCUT2D eigenvalue weighted by Gasteiger charge is -2.08. The molecule has 2 rings (SSSR count). The van der Waals surface area contributed by atoms with Crippen LogP contribution in [0.3, 0.4) is 0 Å². The first-order valence-electron chi connectivity index (χ1n) is 4.69. The molecule has 1 aromatic heterocycles. The highest BCUT2D eigenvalue weighted by atomic mass is 35.5. The Bertz CT molecular complexity index is 477. The molecule has 1 N–H and O–H groups in total. The molecule has 0 atom stereocenters. The van der Waals surface area contributed by atoms with Crippen LogP contribution in [-0.4, -0.2) is 14.8 Å². The van der Waals surface area contributed by atoms with Crippen molar-refractivity contribution in [2.24, 2.45) is 7.05 Å². The van der Waals surface area contributed by atoms with E-state index in [9.17, 15) is 4.39 Å². The maximum atomic E-state index is 13.4. The van der Waals surface area contributed by atoms with Gasteiger partial charge in [-0.15, -0.1) is 10.2 Å². The summed E-state index contributed by atoms with van der Waals surface area (Å²) in [5, 5.41) is 10.8. The lowest BCUT2D eigenvalue weighted by atomic mass is 10.3. The second-order valence-corrected chi connectivity index (χ2v) is 3.72. The number of anilines is 1. The van der Waals surface area contributed by atoms with Crippen LogP contribution in [0.4, 0.5) is 10.1 Å². The fourth-order valence-corrected chi connectivity index (χ4v) is 1.53. The number of para-hydroxylation sites is 1. The number of aromatic nitrogens is 3. The number of halogens is 2. The van der Waals surface area contributed by atoms with Crippen molar-refractivity contribution in [3.8, 4) is 0 Å². The molecule has 0 fully saturated rings.